The Hall–Kier alpha value is -1.11. The highest BCUT2D eigenvalue weighted by Crippen LogP contribution is 2.18. The molecule has 1 aliphatic rings. The minimum atomic E-state index is -3.35. The first-order valence-corrected chi connectivity index (χ1v) is 6.94. The summed E-state index contributed by atoms with van der Waals surface area (Å²) in [5.41, 5.74) is 0.847. The molecule has 1 saturated heterocycles. The first-order valence-electron chi connectivity index (χ1n) is 5.50. The van der Waals surface area contributed by atoms with E-state index in [0.29, 0.717) is 10.9 Å². The summed E-state index contributed by atoms with van der Waals surface area (Å²) in [4.78, 5) is 0.319. The molecule has 0 spiro atoms. The molecule has 2 rings (SSSR count). The average molecular weight is 255 g/mol. The van der Waals surface area contributed by atoms with Gasteiger partial charge in [-0.3, -0.25) is 0 Å². The third-order valence-corrected chi connectivity index (χ3v) is 4.58. The van der Waals surface area contributed by atoms with Gasteiger partial charge in [0.25, 0.3) is 0 Å². The highest BCUT2D eigenvalue weighted by atomic mass is 32.2. The van der Waals surface area contributed by atoms with Gasteiger partial charge in [0, 0.05) is 32.9 Å². The molecule has 0 atom stereocenters. The Morgan fingerprint density at radius 2 is 2.06 bits per heavy atom. The second-order valence-electron chi connectivity index (χ2n) is 4.31. The molecule has 1 fully saturated rings. The number of benzene rings is 1. The van der Waals surface area contributed by atoms with Gasteiger partial charge in [-0.25, -0.2) is 12.7 Å². The van der Waals surface area contributed by atoms with E-state index in [0.717, 1.165) is 18.8 Å². The van der Waals surface area contributed by atoms with Crippen LogP contribution in [0.15, 0.2) is 29.2 Å². The molecule has 1 heterocycles. The lowest BCUT2D eigenvalue weighted by Crippen LogP contribution is -2.51. The fourth-order valence-corrected chi connectivity index (χ4v) is 2.53. The van der Waals surface area contributed by atoms with Crippen molar-refractivity contribution in [2.24, 2.45) is 0 Å². The average Bonchev–Trinajstić information content (AvgIpc) is 2.24. The Morgan fingerprint density at radius 3 is 2.59 bits per heavy atom. The maximum Gasteiger partial charge on any atom is 0.242 e. The lowest BCUT2D eigenvalue weighted by Gasteiger charge is -2.29. The summed E-state index contributed by atoms with van der Waals surface area (Å²) in [7, 11) is -0.280. The molecule has 6 heteroatoms. The van der Waals surface area contributed by atoms with Gasteiger partial charge in [0.2, 0.25) is 10.0 Å². The molecular formula is C11H17N3O2S. The molecular weight excluding hydrogens is 238 g/mol. The van der Waals surface area contributed by atoms with Crippen molar-refractivity contribution < 1.29 is 8.42 Å². The van der Waals surface area contributed by atoms with Crippen molar-refractivity contribution in [1.29, 1.82) is 0 Å². The van der Waals surface area contributed by atoms with Gasteiger partial charge in [0.15, 0.2) is 0 Å². The third-order valence-electron chi connectivity index (χ3n) is 2.76. The van der Waals surface area contributed by atoms with E-state index in [2.05, 4.69) is 10.6 Å². The van der Waals surface area contributed by atoms with Gasteiger partial charge in [0.05, 0.1) is 10.9 Å². The van der Waals surface area contributed by atoms with Crippen LogP contribution in [0.1, 0.15) is 0 Å². The molecule has 1 aliphatic heterocycles. The largest absolute Gasteiger partial charge is 0.380 e. The number of hydrogen-bond donors (Lipinski definition) is 2. The predicted molar refractivity (Wildman–Crippen MR) is 67.6 cm³/mol. The molecule has 0 saturated carbocycles. The summed E-state index contributed by atoms with van der Waals surface area (Å²) in [6.45, 7) is 1.84. The zero-order chi connectivity index (χ0) is 12.5. The van der Waals surface area contributed by atoms with Crippen LogP contribution in [-0.4, -0.2) is 45.9 Å². The van der Waals surface area contributed by atoms with E-state index in [-0.39, 0.29) is 0 Å². The topological polar surface area (TPSA) is 61.4 Å². The van der Waals surface area contributed by atoms with Crippen molar-refractivity contribution in [3.63, 3.8) is 0 Å². The lowest BCUT2D eigenvalue weighted by atomic mass is 10.1. The van der Waals surface area contributed by atoms with Gasteiger partial charge in [-0.05, 0) is 18.2 Å². The lowest BCUT2D eigenvalue weighted by molar-refractivity contribution is 0.472. The Labute approximate surface area is 102 Å². The summed E-state index contributed by atoms with van der Waals surface area (Å²) < 4.78 is 25.1. The van der Waals surface area contributed by atoms with E-state index >= 15 is 0 Å². The molecule has 0 aromatic heterocycles. The molecule has 2 N–H and O–H groups in total. The second-order valence-corrected chi connectivity index (χ2v) is 6.47. The predicted octanol–water partition coefficient (Wildman–Crippen LogP) is 0.321. The molecule has 1 aromatic carbocycles. The summed E-state index contributed by atoms with van der Waals surface area (Å²) in [6, 6.07) is 7.32. The Bertz CT molecular complexity index is 495. The summed E-state index contributed by atoms with van der Waals surface area (Å²) in [5, 5.41) is 6.44. The van der Waals surface area contributed by atoms with Gasteiger partial charge in [0.1, 0.15) is 0 Å². The highest BCUT2D eigenvalue weighted by molar-refractivity contribution is 7.89. The van der Waals surface area contributed by atoms with E-state index in [9.17, 15) is 8.42 Å². The maximum atomic E-state index is 11.9. The molecule has 0 radical (unpaired) electrons. The standard InChI is InChI=1S/C11H17N3O2S/c1-14(2)17(15,16)11-5-3-4-9(6-11)13-10-7-12-8-10/h3-6,10,12-13H,7-8H2,1-2H3. The van der Waals surface area contributed by atoms with Crippen molar-refractivity contribution in [2.45, 2.75) is 10.9 Å². The molecule has 5 nitrogen and oxygen atoms in total. The number of nitrogens with zero attached hydrogens (tertiary/aromatic N) is 1. The monoisotopic (exact) mass is 255 g/mol. The summed E-state index contributed by atoms with van der Waals surface area (Å²) >= 11 is 0. The van der Waals surface area contributed by atoms with Crippen LogP contribution in [0.25, 0.3) is 0 Å². The number of nitrogens with one attached hydrogen (secondary N) is 2. The van der Waals surface area contributed by atoms with E-state index in [1.165, 1.54) is 18.4 Å². The highest BCUT2D eigenvalue weighted by Gasteiger charge is 2.19. The van der Waals surface area contributed by atoms with Crippen molar-refractivity contribution >= 4 is 15.7 Å². The van der Waals surface area contributed by atoms with Crippen LogP contribution >= 0.6 is 0 Å². The van der Waals surface area contributed by atoms with Crippen LogP contribution in [0.5, 0.6) is 0 Å². The van der Waals surface area contributed by atoms with Crippen molar-refractivity contribution in [3.8, 4) is 0 Å². The van der Waals surface area contributed by atoms with E-state index in [1.807, 2.05) is 6.07 Å². The van der Waals surface area contributed by atoms with E-state index < -0.39 is 10.0 Å². The zero-order valence-corrected chi connectivity index (χ0v) is 10.8. The van der Waals surface area contributed by atoms with Gasteiger partial charge in [-0.2, -0.15) is 0 Å². The van der Waals surface area contributed by atoms with Crippen LogP contribution in [0.3, 0.4) is 0 Å². The van der Waals surface area contributed by atoms with Crippen LogP contribution in [0.2, 0.25) is 0 Å². The fraction of sp³-hybridized carbons (Fsp3) is 0.455. The van der Waals surface area contributed by atoms with Crippen LogP contribution < -0.4 is 10.6 Å². The number of rotatable bonds is 4. The van der Waals surface area contributed by atoms with Crippen molar-refractivity contribution in [2.75, 3.05) is 32.5 Å². The quantitative estimate of drug-likeness (QED) is 0.813. The SMILES string of the molecule is CN(C)S(=O)(=O)c1cccc(NC2CNC2)c1. The molecule has 0 unspecified atom stereocenters. The summed E-state index contributed by atoms with van der Waals surface area (Å²) in [5.74, 6) is 0. The van der Waals surface area contributed by atoms with Gasteiger partial charge in [-0.15, -0.1) is 0 Å². The minimum absolute atomic E-state index is 0.319. The molecule has 1 aromatic rings. The normalized spacial score (nSPS) is 16.9. The van der Waals surface area contributed by atoms with Crippen molar-refractivity contribution in [1.82, 2.24) is 9.62 Å². The minimum Gasteiger partial charge on any atom is -0.380 e. The van der Waals surface area contributed by atoms with Gasteiger partial charge >= 0.3 is 0 Å². The molecule has 0 bridgehead atoms. The Balaban J connectivity index is 2.21. The fourth-order valence-electron chi connectivity index (χ4n) is 1.58. The first-order chi connectivity index (χ1) is 8.00. The van der Waals surface area contributed by atoms with Crippen LogP contribution in [-0.2, 0) is 10.0 Å². The molecule has 94 valence electrons. The van der Waals surface area contributed by atoms with E-state index in [1.54, 1.807) is 18.2 Å². The van der Waals surface area contributed by atoms with Gasteiger partial charge in [-0.1, -0.05) is 6.07 Å². The maximum absolute atomic E-state index is 11.9. The van der Waals surface area contributed by atoms with Gasteiger partial charge < -0.3 is 10.6 Å². The zero-order valence-electron chi connectivity index (χ0n) is 9.97. The Kier molecular flexibility index (Phi) is 3.37. The molecule has 0 aliphatic carbocycles. The molecule has 17 heavy (non-hydrogen) atoms. The summed E-state index contributed by atoms with van der Waals surface area (Å²) in [6.07, 6.45) is 0. The smallest absolute Gasteiger partial charge is 0.242 e. The Morgan fingerprint density at radius 1 is 1.35 bits per heavy atom. The van der Waals surface area contributed by atoms with Crippen molar-refractivity contribution in [3.05, 3.63) is 24.3 Å². The van der Waals surface area contributed by atoms with E-state index in [4.69, 9.17) is 0 Å². The second kappa shape index (κ2) is 4.64. The third kappa shape index (κ3) is 2.59. The number of sulfonamides is 1. The first kappa shape index (κ1) is 12.3. The number of anilines is 1. The van der Waals surface area contributed by atoms with Crippen LogP contribution in [0, 0.1) is 0 Å². The molecule has 0 amide bonds. The van der Waals surface area contributed by atoms with Crippen LogP contribution in [0.4, 0.5) is 5.69 Å². The number of hydrogen-bond acceptors (Lipinski definition) is 4.